The number of hydrogen-bond acceptors (Lipinski definition) is 4. The standard InChI is InChI=1S/C14H17N5O2/c15-10-3-8-4-13(20)17-11(8)5-12(10)18-1-2-19-9(7-18)6-16-14(19)21/h3,5,9H,1-2,4,6-7,15H2,(H,16,21)(H,17,20). The van der Waals surface area contributed by atoms with Gasteiger partial charge in [0.25, 0.3) is 0 Å². The van der Waals surface area contributed by atoms with Gasteiger partial charge in [0.2, 0.25) is 5.91 Å². The van der Waals surface area contributed by atoms with Gasteiger partial charge in [-0.3, -0.25) is 4.79 Å². The van der Waals surface area contributed by atoms with Gasteiger partial charge in [0.05, 0.1) is 23.8 Å². The summed E-state index contributed by atoms with van der Waals surface area (Å²) in [6, 6.07) is 4.05. The van der Waals surface area contributed by atoms with E-state index >= 15 is 0 Å². The summed E-state index contributed by atoms with van der Waals surface area (Å²) in [6.45, 7) is 2.88. The van der Waals surface area contributed by atoms with Crippen molar-refractivity contribution in [3.63, 3.8) is 0 Å². The van der Waals surface area contributed by atoms with Crippen molar-refractivity contribution in [2.24, 2.45) is 0 Å². The second-order valence-corrected chi connectivity index (χ2v) is 5.77. The molecular formula is C14H17N5O2. The highest BCUT2D eigenvalue weighted by Crippen LogP contribution is 2.34. The van der Waals surface area contributed by atoms with Gasteiger partial charge in [-0.1, -0.05) is 0 Å². The number of nitrogens with two attached hydrogens (primary N) is 1. The summed E-state index contributed by atoms with van der Waals surface area (Å²) in [5.74, 6) is 0.0111. The van der Waals surface area contributed by atoms with Crippen LogP contribution in [0.25, 0.3) is 0 Å². The predicted octanol–water partition coefficient (Wildman–Crippen LogP) is -0.0228. The van der Waals surface area contributed by atoms with Crippen molar-refractivity contribution in [1.29, 1.82) is 0 Å². The minimum Gasteiger partial charge on any atom is -0.397 e. The fourth-order valence-electron chi connectivity index (χ4n) is 3.38. The van der Waals surface area contributed by atoms with Crippen LogP contribution in [0.3, 0.4) is 0 Å². The van der Waals surface area contributed by atoms with Gasteiger partial charge < -0.3 is 26.2 Å². The number of carbonyl (C=O) groups is 2. The first kappa shape index (κ1) is 12.3. The molecule has 0 spiro atoms. The van der Waals surface area contributed by atoms with E-state index in [-0.39, 0.29) is 18.0 Å². The lowest BCUT2D eigenvalue weighted by Crippen LogP contribution is -2.52. The summed E-state index contributed by atoms with van der Waals surface area (Å²) in [6.07, 6.45) is 0.397. The van der Waals surface area contributed by atoms with E-state index in [1.165, 1.54) is 0 Å². The Labute approximate surface area is 122 Å². The third-order valence-electron chi connectivity index (χ3n) is 4.45. The van der Waals surface area contributed by atoms with Crippen molar-refractivity contribution in [2.75, 3.05) is 42.1 Å². The smallest absolute Gasteiger partial charge is 0.317 e. The molecule has 1 aromatic rings. The summed E-state index contributed by atoms with van der Waals surface area (Å²) in [5, 5.41) is 5.73. The molecule has 3 aliphatic heterocycles. The van der Waals surface area contributed by atoms with E-state index in [9.17, 15) is 9.59 Å². The number of urea groups is 1. The highest BCUT2D eigenvalue weighted by Gasteiger charge is 2.36. The first-order valence-electron chi connectivity index (χ1n) is 7.13. The van der Waals surface area contributed by atoms with Crippen molar-refractivity contribution >= 4 is 29.0 Å². The Morgan fingerprint density at radius 3 is 2.95 bits per heavy atom. The molecule has 0 aliphatic carbocycles. The van der Waals surface area contributed by atoms with Crippen molar-refractivity contribution in [3.05, 3.63) is 17.7 Å². The summed E-state index contributed by atoms with van der Waals surface area (Å²) < 4.78 is 0. The topological polar surface area (TPSA) is 90.7 Å². The van der Waals surface area contributed by atoms with E-state index in [4.69, 9.17) is 5.73 Å². The Kier molecular flexibility index (Phi) is 2.51. The Morgan fingerprint density at radius 2 is 2.10 bits per heavy atom. The molecule has 3 amide bonds. The summed E-state index contributed by atoms with van der Waals surface area (Å²) in [7, 11) is 0. The van der Waals surface area contributed by atoms with Gasteiger partial charge in [0, 0.05) is 31.9 Å². The van der Waals surface area contributed by atoms with Gasteiger partial charge in [-0.05, 0) is 17.7 Å². The number of nitrogen functional groups attached to an aromatic ring is 1. The number of carbonyl (C=O) groups excluding carboxylic acids is 2. The van der Waals surface area contributed by atoms with Crippen molar-refractivity contribution in [2.45, 2.75) is 12.5 Å². The molecule has 4 N–H and O–H groups in total. The average Bonchev–Trinajstić information content (AvgIpc) is 3.00. The van der Waals surface area contributed by atoms with Gasteiger partial charge in [0.1, 0.15) is 0 Å². The zero-order valence-corrected chi connectivity index (χ0v) is 11.6. The molecule has 1 atom stereocenters. The number of amides is 3. The Morgan fingerprint density at radius 1 is 1.24 bits per heavy atom. The Balaban J connectivity index is 1.61. The average molecular weight is 287 g/mol. The molecule has 1 aromatic carbocycles. The largest absolute Gasteiger partial charge is 0.397 e. The van der Waals surface area contributed by atoms with Crippen molar-refractivity contribution in [3.8, 4) is 0 Å². The molecule has 0 radical (unpaired) electrons. The van der Waals surface area contributed by atoms with Crippen LogP contribution in [0.1, 0.15) is 5.56 Å². The maximum Gasteiger partial charge on any atom is 0.317 e. The lowest BCUT2D eigenvalue weighted by molar-refractivity contribution is -0.115. The Hall–Kier alpha value is -2.44. The van der Waals surface area contributed by atoms with E-state index in [2.05, 4.69) is 15.5 Å². The lowest BCUT2D eigenvalue weighted by Gasteiger charge is -2.38. The molecule has 3 aliphatic rings. The highest BCUT2D eigenvalue weighted by molar-refractivity contribution is 6.01. The van der Waals surface area contributed by atoms with Gasteiger partial charge in [-0.2, -0.15) is 0 Å². The molecule has 21 heavy (non-hydrogen) atoms. The van der Waals surface area contributed by atoms with Crippen LogP contribution >= 0.6 is 0 Å². The number of benzene rings is 1. The first-order chi connectivity index (χ1) is 10.1. The van der Waals surface area contributed by atoms with Gasteiger partial charge in [-0.15, -0.1) is 0 Å². The van der Waals surface area contributed by atoms with Crippen molar-refractivity contribution < 1.29 is 9.59 Å². The summed E-state index contributed by atoms with van der Waals surface area (Å²) >= 11 is 0. The number of hydrogen-bond donors (Lipinski definition) is 3. The van der Waals surface area contributed by atoms with Crippen LogP contribution in [-0.4, -0.2) is 49.1 Å². The molecule has 0 aromatic heterocycles. The molecule has 0 saturated carbocycles. The number of rotatable bonds is 1. The van der Waals surface area contributed by atoms with E-state index in [1.807, 2.05) is 17.0 Å². The molecule has 7 heteroatoms. The number of fused-ring (bicyclic) bond motifs is 2. The second-order valence-electron chi connectivity index (χ2n) is 5.77. The fraction of sp³-hybridized carbons (Fsp3) is 0.429. The highest BCUT2D eigenvalue weighted by atomic mass is 16.2. The maximum atomic E-state index is 11.6. The van der Waals surface area contributed by atoms with Crippen LogP contribution in [0.4, 0.5) is 21.9 Å². The SMILES string of the molecule is Nc1cc2c(cc1N1CCN3C(=O)NCC3C1)NC(=O)C2. The summed E-state index contributed by atoms with van der Waals surface area (Å²) in [5.41, 5.74) is 9.60. The zero-order valence-electron chi connectivity index (χ0n) is 11.6. The van der Waals surface area contributed by atoms with E-state index in [1.54, 1.807) is 0 Å². The number of anilines is 3. The maximum absolute atomic E-state index is 11.6. The van der Waals surface area contributed by atoms with E-state index in [0.717, 1.165) is 30.0 Å². The first-order valence-corrected chi connectivity index (χ1v) is 7.13. The van der Waals surface area contributed by atoms with Crippen molar-refractivity contribution in [1.82, 2.24) is 10.2 Å². The van der Waals surface area contributed by atoms with Gasteiger partial charge in [-0.25, -0.2) is 4.79 Å². The van der Waals surface area contributed by atoms with Crippen LogP contribution in [-0.2, 0) is 11.2 Å². The number of piperazine rings is 1. The molecule has 0 bridgehead atoms. The van der Waals surface area contributed by atoms with E-state index < -0.39 is 0 Å². The summed E-state index contributed by atoms with van der Waals surface area (Å²) in [4.78, 5) is 27.2. The van der Waals surface area contributed by atoms with Crippen LogP contribution in [0.15, 0.2) is 12.1 Å². The van der Waals surface area contributed by atoms with Crippen LogP contribution < -0.4 is 21.3 Å². The molecule has 2 fully saturated rings. The minimum atomic E-state index is 0.0111. The molecule has 1 unspecified atom stereocenters. The molecule has 2 saturated heterocycles. The fourth-order valence-corrected chi connectivity index (χ4v) is 3.38. The van der Waals surface area contributed by atoms with Crippen LogP contribution in [0, 0.1) is 0 Å². The third kappa shape index (κ3) is 1.88. The molecule has 110 valence electrons. The molecule has 3 heterocycles. The Bertz CT molecular complexity index is 644. The van der Waals surface area contributed by atoms with Gasteiger partial charge in [0.15, 0.2) is 0 Å². The monoisotopic (exact) mass is 287 g/mol. The van der Waals surface area contributed by atoms with Crippen LogP contribution in [0.2, 0.25) is 0 Å². The second kappa shape index (κ2) is 4.28. The molecule has 7 nitrogen and oxygen atoms in total. The van der Waals surface area contributed by atoms with Crippen LogP contribution in [0.5, 0.6) is 0 Å². The zero-order chi connectivity index (χ0) is 14.6. The normalized spacial score (nSPS) is 23.7. The quantitative estimate of drug-likeness (QED) is 0.633. The van der Waals surface area contributed by atoms with E-state index in [0.29, 0.717) is 25.2 Å². The predicted molar refractivity (Wildman–Crippen MR) is 79.3 cm³/mol. The third-order valence-corrected chi connectivity index (χ3v) is 4.45. The number of nitrogens with zero attached hydrogens (tertiary/aromatic N) is 2. The minimum absolute atomic E-state index is 0.0111. The number of nitrogens with one attached hydrogen (secondary N) is 2. The van der Waals surface area contributed by atoms with Gasteiger partial charge >= 0.3 is 6.03 Å². The molecule has 4 rings (SSSR count). The lowest BCUT2D eigenvalue weighted by atomic mass is 10.1. The molecular weight excluding hydrogens is 270 g/mol.